The average Bonchev–Trinajstić information content (AvgIpc) is 2.49. The van der Waals surface area contributed by atoms with Gasteiger partial charge in [0.15, 0.2) is 11.6 Å². The molecule has 134 valence electrons. The number of nitrogens with zero attached hydrogens (tertiary/aromatic N) is 3. The monoisotopic (exact) mass is 403 g/mol. The Balaban J connectivity index is 2.16. The Hall–Kier alpha value is -1.41. The molecule has 1 aromatic rings. The molecule has 1 aliphatic rings. The molecular formula is C16H23BrFN3O3. The lowest BCUT2D eigenvalue weighted by Crippen LogP contribution is -2.56. The average molecular weight is 404 g/mol. The number of ether oxygens (including phenoxy) is 1. The van der Waals surface area contributed by atoms with Crippen molar-refractivity contribution in [3.8, 4) is 0 Å². The van der Waals surface area contributed by atoms with Crippen molar-refractivity contribution in [2.75, 3.05) is 31.1 Å². The number of aliphatic hydroxyl groups excluding tert-OH is 1. The Bertz CT molecular complexity index is 594. The van der Waals surface area contributed by atoms with Gasteiger partial charge in [-0.15, -0.1) is 0 Å². The van der Waals surface area contributed by atoms with Gasteiger partial charge in [-0.25, -0.2) is 14.2 Å². The molecule has 0 spiro atoms. The molecule has 1 aliphatic heterocycles. The number of carbonyl (C=O) groups is 1. The van der Waals surface area contributed by atoms with Gasteiger partial charge in [-0.2, -0.15) is 0 Å². The number of hydrogen-bond donors (Lipinski definition) is 1. The van der Waals surface area contributed by atoms with Crippen LogP contribution in [0.15, 0.2) is 16.7 Å². The number of rotatable bonds is 3. The van der Waals surface area contributed by atoms with E-state index in [2.05, 4.69) is 20.9 Å². The second-order valence-electron chi connectivity index (χ2n) is 6.72. The van der Waals surface area contributed by atoms with Gasteiger partial charge in [0.2, 0.25) is 0 Å². The van der Waals surface area contributed by atoms with Gasteiger partial charge in [-0.1, -0.05) is 0 Å². The summed E-state index contributed by atoms with van der Waals surface area (Å²) in [5, 5.41) is 9.33. The normalized spacial score (nSPS) is 18.7. The number of aromatic nitrogens is 1. The van der Waals surface area contributed by atoms with Crippen molar-refractivity contribution in [2.45, 2.75) is 38.8 Å². The summed E-state index contributed by atoms with van der Waals surface area (Å²) in [5.41, 5.74) is -0.571. The molecule has 1 atom stereocenters. The van der Waals surface area contributed by atoms with E-state index in [-0.39, 0.29) is 18.5 Å². The lowest BCUT2D eigenvalue weighted by atomic mass is 10.1. The Morgan fingerprint density at radius 2 is 2.21 bits per heavy atom. The van der Waals surface area contributed by atoms with Crippen LogP contribution in [0.25, 0.3) is 0 Å². The van der Waals surface area contributed by atoms with Gasteiger partial charge >= 0.3 is 6.09 Å². The van der Waals surface area contributed by atoms with Gasteiger partial charge in [0.1, 0.15) is 5.60 Å². The van der Waals surface area contributed by atoms with Gasteiger partial charge in [0, 0.05) is 32.4 Å². The van der Waals surface area contributed by atoms with Crippen molar-refractivity contribution in [3.63, 3.8) is 0 Å². The number of carbonyl (C=O) groups excluding carboxylic acids is 1. The Labute approximate surface area is 149 Å². The highest BCUT2D eigenvalue weighted by Crippen LogP contribution is 2.28. The third-order valence-electron chi connectivity index (χ3n) is 3.69. The molecule has 1 unspecified atom stereocenters. The van der Waals surface area contributed by atoms with Crippen LogP contribution in [0.2, 0.25) is 0 Å². The third kappa shape index (κ3) is 4.57. The van der Waals surface area contributed by atoms with E-state index in [1.807, 2.05) is 20.8 Å². The van der Waals surface area contributed by atoms with Crippen molar-refractivity contribution < 1.29 is 19.0 Å². The number of pyridine rings is 1. The minimum Gasteiger partial charge on any atom is -0.444 e. The molecule has 0 bridgehead atoms. The highest BCUT2D eigenvalue weighted by molar-refractivity contribution is 9.10. The van der Waals surface area contributed by atoms with Gasteiger partial charge in [0.25, 0.3) is 0 Å². The molecule has 0 saturated carbocycles. The quantitative estimate of drug-likeness (QED) is 0.840. The Morgan fingerprint density at radius 3 is 2.83 bits per heavy atom. The first kappa shape index (κ1) is 18.9. The van der Waals surface area contributed by atoms with E-state index in [0.717, 1.165) is 0 Å². The lowest BCUT2D eigenvalue weighted by molar-refractivity contribution is 0.0206. The fourth-order valence-corrected chi connectivity index (χ4v) is 2.93. The second-order valence-corrected chi connectivity index (χ2v) is 7.57. The van der Waals surface area contributed by atoms with Crippen molar-refractivity contribution >= 4 is 27.8 Å². The van der Waals surface area contributed by atoms with Gasteiger partial charge in [-0.3, -0.25) is 0 Å². The first-order chi connectivity index (χ1) is 11.2. The maximum atomic E-state index is 14.4. The maximum absolute atomic E-state index is 14.4. The maximum Gasteiger partial charge on any atom is 0.410 e. The summed E-state index contributed by atoms with van der Waals surface area (Å²) in [6.07, 6.45) is 1.54. The number of hydrogen-bond acceptors (Lipinski definition) is 5. The molecule has 0 aromatic carbocycles. The molecule has 1 saturated heterocycles. The largest absolute Gasteiger partial charge is 0.444 e. The molecule has 0 radical (unpaired) electrons. The minimum absolute atomic E-state index is 0.0566. The first-order valence-electron chi connectivity index (χ1n) is 7.88. The predicted octanol–water partition coefficient (Wildman–Crippen LogP) is 2.79. The Morgan fingerprint density at radius 1 is 1.50 bits per heavy atom. The predicted molar refractivity (Wildman–Crippen MR) is 92.5 cm³/mol. The fourth-order valence-electron chi connectivity index (χ4n) is 2.63. The zero-order valence-corrected chi connectivity index (χ0v) is 15.7. The van der Waals surface area contributed by atoms with Gasteiger partial charge in [-0.05, 0) is 49.2 Å². The SMILES string of the molecule is CC(C)(C)OC(=O)N1CCN(c2nccc(Br)c2F)C(CCO)C1. The van der Waals surface area contributed by atoms with E-state index in [1.54, 1.807) is 9.80 Å². The van der Waals surface area contributed by atoms with E-state index in [1.165, 1.54) is 12.3 Å². The molecule has 1 amide bonds. The van der Waals surface area contributed by atoms with Gasteiger partial charge < -0.3 is 19.6 Å². The van der Waals surface area contributed by atoms with Crippen LogP contribution in [0.3, 0.4) is 0 Å². The molecule has 2 rings (SSSR count). The van der Waals surface area contributed by atoms with Crippen LogP contribution in [0.4, 0.5) is 15.0 Å². The van der Waals surface area contributed by atoms with Crippen LogP contribution in [0.5, 0.6) is 0 Å². The summed E-state index contributed by atoms with van der Waals surface area (Å²) in [5.74, 6) is -0.210. The molecular weight excluding hydrogens is 381 g/mol. The topological polar surface area (TPSA) is 65.9 Å². The third-order valence-corrected chi connectivity index (χ3v) is 4.30. The van der Waals surface area contributed by atoms with Crippen molar-refractivity contribution in [1.29, 1.82) is 0 Å². The number of amides is 1. The van der Waals surface area contributed by atoms with Crippen LogP contribution in [-0.4, -0.2) is 59.0 Å². The molecule has 1 aromatic heterocycles. The van der Waals surface area contributed by atoms with Crippen LogP contribution in [-0.2, 0) is 4.74 Å². The summed E-state index contributed by atoms with van der Waals surface area (Å²) in [6, 6.07) is 1.31. The highest BCUT2D eigenvalue weighted by Gasteiger charge is 2.33. The Kier molecular flexibility index (Phi) is 6.03. The van der Waals surface area contributed by atoms with E-state index in [4.69, 9.17) is 4.74 Å². The lowest BCUT2D eigenvalue weighted by Gasteiger charge is -2.42. The zero-order chi connectivity index (χ0) is 17.9. The van der Waals surface area contributed by atoms with Gasteiger partial charge in [0.05, 0.1) is 10.5 Å². The summed E-state index contributed by atoms with van der Waals surface area (Å²) < 4.78 is 20.1. The molecule has 24 heavy (non-hydrogen) atoms. The molecule has 0 aliphatic carbocycles. The molecule has 6 nitrogen and oxygen atoms in total. The summed E-state index contributed by atoms with van der Waals surface area (Å²) in [4.78, 5) is 19.8. The first-order valence-corrected chi connectivity index (χ1v) is 8.67. The number of piperazine rings is 1. The second kappa shape index (κ2) is 7.65. The molecule has 8 heteroatoms. The molecule has 1 fully saturated rings. The number of halogens is 2. The standard InChI is InChI=1S/C16H23BrFN3O3/c1-16(2,3)24-15(23)20-7-8-21(11(10-20)5-9-22)14-13(18)12(17)4-6-19-14/h4,6,11,22H,5,7-10H2,1-3H3. The van der Waals surface area contributed by atoms with Crippen molar-refractivity contribution in [1.82, 2.24) is 9.88 Å². The van der Waals surface area contributed by atoms with Crippen molar-refractivity contribution in [2.24, 2.45) is 0 Å². The molecule has 1 N–H and O–H groups in total. The van der Waals surface area contributed by atoms with E-state index in [9.17, 15) is 14.3 Å². The van der Waals surface area contributed by atoms with Crippen LogP contribution >= 0.6 is 15.9 Å². The van der Waals surface area contributed by atoms with E-state index >= 15 is 0 Å². The summed E-state index contributed by atoms with van der Waals surface area (Å²) in [7, 11) is 0. The van der Waals surface area contributed by atoms with Crippen molar-refractivity contribution in [3.05, 3.63) is 22.6 Å². The van der Waals surface area contributed by atoms with Crippen LogP contribution in [0.1, 0.15) is 27.2 Å². The molecule has 2 heterocycles. The minimum atomic E-state index is -0.571. The van der Waals surface area contributed by atoms with E-state index in [0.29, 0.717) is 30.5 Å². The number of anilines is 1. The summed E-state index contributed by atoms with van der Waals surface area (Å²) in [6.45, 7) is 6.56. The fraction of sp³-hybridized carbons (Fsp3) is 0.625. The number of aliphatic hydroxyl groups is 1. The smallest absolute Gasteiger partial charge is 0.410 e. The van der Waals surface area contributed by atoms with E-state index < -0.39 is 17.5 Å². The zero-order valence-electron chi connectivity index (χ0n) is 14.1. The van der Waals surface area contributed by atoms with Crippen LogP contribution < -0.4 is 4.90 Å². The summed E-state index contributed by atoms with van der Waals surface area (Å²) >= 11 is 3.16. The highest BCUT2D eigenvalue weighted by atomic mass is 79.9. The van der Waals surface area contributed by atoms with Crippen LogP contribution in [0, 0.1) is 5.82 Å².